The monoisotopic (exact) mass is 403 g/mol. The number of halogens is 1. The van der Waals surface area contributed by atoms with Gasteiger partial charge in [-0.2, -0.15) is 0 Å². The number of aromatic nitrogens is 2. The number of benzene rings is 2. The number of aryl methyl sites for hydroxylation is 1. The predicted molar refractivity (Wildman–Crippen MR) is 112 cm³/mol. The van der Waals surface area contributed by atoms with Gasteiger partial charge < -0.3 is 9.32 Å². The number of carbonyl (C=O) groups is 1. The second kappa shape index (κ2) is 7.20. The van der Waals surface area contributed by atoms with Crippen molar-refractivity contribution in [2.24, 2.45) is 0 Å². The Morgan fingerprint density at radius 1 is 1.13 bits per heavy atom. The number of hydrogen-bond acceptors (Lipinski definition) is 4. The Labute approximate surface area is 174 Å². The van der Waals surface area contributed by atoms with Crippen molar-refractivity contribution in [2.45, 2.75) is 45.6 Å². The van der Waals surface area contributed by atoms with Crippen molar-refractivity contribution < 1.29 is 13.6 Å². The summed E-state index contributed by atoms with van der Waals surface area (Å²) in [7, 11) is 0. The van der Waals surface area contributed by atoms with Crippen molar-refractivity contribution in [2.75, 3.05) is 4.90 Å². The van der Waals surface area contributed by atoms with Crippen molar-refractivity contribution in [1.29, 1.82) is 0 Å². The molecule has 5 rings (SSSR count). The highest BCUT2D eigenvalue weighted by Gasteiger charge is 2.32. The van der Waals surface area contributed by atoms with Crippen LogP contribution in [0.2, 0.25) is 0 Å². The molecule has 0 atom stereocenters. The Morgan fingerprint density at radius 2 is 1.93 bits per heavy atom. The molecule has 1 aliphatic carbocycles. The van der Waals surface area contributed by atoms with Gasteiger partial charge in [0.05, 0.1) is 18.7 Å². The molecule has 3 aromatic rings. The Hall–Kier alpha value is -3.28. The highest BCUT2D eigenvalue weighted by atomic mass is 19.1. The number of nitrogens with zero attached hydrogens (tertiary/aromatic N) is 3. The summed E-state index contributed by atoms with van der Waals surface area (Å²) in [6.07, 6.45) is 2.30. The third-order valence-electron chi connectivity index (χ3n) is 5.88. The van der Waals surface area contributed by atoms with Crippen molar-refractivity contribution >= 4 is 22.7 Å². The Balaban J connectivity index is 1.54. The minimum absolute atomic E-state index is 0.0820. The van der Waals surface area contributed by atoms with Crippen LogP contribution in [0.3, 0.4) is 0 Å². The molecule has 1 aromatic heterocycles. The molecule has 1 saturated carbocycles. The van der Waals surface area contributed by atoms with E-state index in [1.165, 1.54) is 6.07 Å². The number of hydrogen-bond donors (Lipinski definition) is 0. The Bertz CT molecular complexity index is 1180. The number of para-hydroxylation sites is 1. The van der Waals surface area contributed by atoms with E-state index in [2.05, 4.69) is 10.2 Å². The van der Waals surface area contributed by atoms with Gasteiger partial charge in [0.2, 0.25) is 17.7 Å². The van der Waals surface area contributed by atoms with Crippen molar-refractivity contribution in [3.05, 3.63) is 76.8 Å². The van der Waals surface area contributed by atoms with Gasteiger partial charge in [0.15, 0.2) is 0 Å². The minimum Gasteiger partial charge on any atom is -0.421 e. The zero-order valence-corrected chi connectivity index (χ0v) is 17.0. The molecular weight excluding hydrogens is 381 g/mol. The molecule has 152 valence electrons. The molecule has 1 fully saturated rings. The standard InChI is InChI=1S/C24H22FN3O2/c1-14-7-8-16(11-20(14)25)13-28-21-6-4-3-5-18(21)15(2)19(12-22(28)29)24-27-26-23(30-24)17-9-10-17/h3-8,11,17H,9-10,12-13H2,1-2H3. The third kappa shape index (κ3) is 3.32. The highest BCUT2D eigenvalue weighted by Crippen LogP contribution is 2.42. The van der Waals surface area contributed by atoms with E-state index in [-0.39, 0.29) is 18.1 Å². The van der Waals surface area contributed by atoms with Crippen LogP contribution < -0.4 is 4.90 Å². The van der Waals surface area contributed by atoms with Crippen LogP contribution in [-0.4, -0.2) is 16.1 Å². The summed E-state index contributed by atoms with van der Waals surface area (Å²) in [5.41, 5.74) is 4.78. The number of allylic oxidation sites excluding steroid dienone is 1. The molecule has 6 heteroatoms. The first-order valence-corrected chi connectivity index (χ1v) is 10.2. The van der Waals surface area contributed by atoms with Crippen LogP contribution in [0.15, 0.2) is 46.9 Å². The first-order chi connectivity index (χ1) is 14.5. The van der Waals surface area contributed by atoms with Gasteiger partial charge in [0.1, 0.15) is 5.82 Å². The lowest BCUT2D eigenvalue weighted by Crippen LogP contribution is -2.30. The molecule has 30 heavy (non-hydrogen) atoms. The maximum atomic E-state index is 14.1. The van der Waals surface area contributed by atoms with Crippen LogP contribution in [0, 0.1) is 12.7 Å². The quantitative estimate of drug-likeness (QED) is 0.596. The van der Waals surface area contributed by atoms with Crippen molar-refractivity contribution in [3.63, 3.8) is 0 Å². The first-order valence-electron chi connectivity index (χ1n) is 10.2. The molecule has 1 amide bonds. The largest absolute Gasteiger partial charge is 0.421 e. The van der Waals surface area contributed by atoms with E-state index in [1.54, 1.807) is 17.9 Å². The zero-order chi connectivity index (χ0) is 20.8. The second-order valence-electron chi connectivity index (χ2n) is 8.08. The molecule has 2 aliphatic rings. The van der Waals surface area contributed by atoms with Gasteiger partial charge in [0.25, 0.3) is 0 Å². The molecule has 0 N–H and O–H groups in total. The molecule has 0 saturated heterocycles. The van der Waals surface area contributed by atoms with Gasteiger partial charge in [-0.25, -0.2) is 4.39 Å². The summed E-state index contributed by atoms with van der Waals surface area (Å²) in [6.45, 7) is 4.01. The average Bonchev–Trinajstić information content (AvgIpc) is 3.50. The normalized spacial score (nSPS) is 16.6. The summed E-state index contributed by atoms with van der Waals surface area (Å²) in [5, 5.41) is 8.42. The van der Waals surface area contributed by atoms with Crippen LogP contribution >= 0.6 is 0 Å². The van der Waals surface area contributed by atoms with Gasteiger partial charge >= 0.3 is 0 Å². The van der Waals surface area contributed by atoms with Crippen LogP contribution in [-0.2, 0) is 11.3 Å². The topological polar surface area (TPSA) is 59.2 Å². The lowest BCUT2D eigenvalue weighted by atomic mass is 9.99. The van der Waals surface area contributed by atoms with Crippen molar-refractivity contribution in [3.8, 4) is 0 Å². The molecule has 0 unspecified atom stereocenters. The van der Waals surface area contributed by atoms with Gasteiger partial charge in [-0.1, -0.05) is 30.3 Å². The third-order valence-corrected chi connectivity index (χ3v) is 5.88. The van der Waals surface area contributed by atoms with E-state index in [9.17, 15) is 9.18 Å². The SMILES string of the molecule is CC1=C(c2nnc(C3CC3)o2)CC(=O)N(Cc2ccc(C)c(F)c2)c2ccccc21. The summed E-state index contributed by atoms with van der Waals surface area (Å²) < 4.78 is 20.0. The minimum atomic E-state index is -0.267. The number of carbonyl (C=O) groups excluding carboxylic acids is 1. The molecule has 0 radical (unpaired) electrons. The fourth-order valence-corrected chi connectivity index (χ4v) is 3.88. The van der Waals surface area contributed by atoms with E-state index < -0.39 is 0 Å². The summed E-state index contributed by atoms with van der Waals surface area (Å²) >= 11 is 0. The molecule has 0 bridgehead atoms. The number of rotatable bonds is 4. The lowest BCUT2D eigenvalue weighted by Gasteiger charge is -2.23. The maximum Gasteiger partial charge on any atom is 0.244 e. The lowest BCUT2D eigenvalue weighted by molar-refractivity contribution is -0.117. The summed E-state index contributed by atoms with van der Waals surface area (Å²) in [4.78, 5) is 15.0. The molecule has 1 aliphatic heterocycles. The molecule has 2 aromatic carbocycles. The van der Waals surface area contributed by atoms with Crippen molar-refractivity contribution in [1.82, 2.24) is 10.2 Å². The van der Waals surface area contributed by atoms with Crippen LogP contribution in [0.4, 0.5) is 10.1 Å². The maximum absolute atomic E-state index is 14.1. The zero-order valence-electron chi connectivity index (χ0n) is 17.0. The molecular formula is C24H22FN3O2. The van der Waals surface area contributed by atoms with E-state index in [4.69, 9.17) is 4.42 Å². The van der Waals surface area contributed by atoms with E-state index in [0.29, 0.717) is 29.8 Å². The molecule has 5 nitrogen and oxygen atoms in total. The predicted octanol–water partition coefficient (Wildman–Crippen LogP) is 5.26. The average molecular weight is 403 g/mol. The van der Waals surface area contributed by atoms with E-state index in [1.807, 2.05) is 37.3 Å². The summed E-state index contributed by atoms with van der Waals surface area (Å²) in [6, 6.07) is 12.9. The Morgan fingerprint density at radius 3 is 2.70 bits per heavy atom. The molecule has 0 spiro atoms. The second-order valence-corrected chi connectivity index (χ2v) is 8.08. The number of fused-ring (bicyclic) bond motifs is 1. The molecule has 2 heterocycles. The number of amides is 1. The Kier molecular flexibility index (Phi) is 4.50. The van der Waals surface area contributed by atoms with Gasteiger partial charge in [-0.3, -0.25) is 4.79 Å². The first kappa shape index (κ1) is 18.7. The van der Waals surface area contributed by atoms with Crippen LogP contribution in [0.25, 0.3) is 11.1 Å². The van der Waals surface area contributed by atoms with Crippen LogP contribution in [0.1, 0.15) is 60.6 Å². The van der Waals surface area contributed by atoms with E-state index >= 15 is 0 Å². The number of anilines is 1. The van der Waals surface area contributed by atoms with Gasteiger partial charge in [0, 0.05) is 17.1 Å². The van der Waals surface area contributed by atoms with Gasteiger partial charge in [-0.05, 0) is 55.5 Å². The highest BCUT2D eigenvalue weighted by molar-refractivity contribution is 6.09. The summed E-state index contributed by atoms with van der Waals surface area (Å²) in [5.74, 6) is 1.08. The van der Waals surface area contributed by atoms with Crippen LogP contribution in [0.5, 0.6) is 0 Å². The smallest absolute Gasteiger partial charge is 0.244 e. The van der Waals surface area contributed by atoms with Gasteiger partial charge in [-0.15, -0.1) is 10.2 Å². The fourth-order valence-electron chi connectivity index (χ4n) is 3.88. The van der Waals surface area contributed by atoms with E-state index in [0.717, 1.165) is 40.8 Å². The fraction of sp³-hybridized carbons (Fsp3) is 0.292.